The van der Waals surface area contributed by atoms with Crippen LogP contribution in [0.3, 0.4) is 0 Å². The van der Waals surface area contributed by atoms with Gasteiger partial charge in [-0.25, -0.2) is 4.39 Å². The molecule has 1 aromatic heterocycles. The molecule has 1 aliphatic carbocycles. The topological polar surface area (TPSA) is 49.4 Å². The van der Waals surface area contributed by atoms with Gasteiger partial charge in [0.25, 0.3) is 0 Å². The fraction of sp³-hybridized carbons (Fsp3) is 0.308. The number of carbonyl (C=O) groups is 2. The molecule has 4 nitrogen and oxygen atoms in total. The van der Waals surface area contributed by atoms with Gasteiger partial charge in [0.05, 0.1) is 6.42 Å². The number of hydrogen-bond acceptors (Lipinski definition) is 3. The quantitative estimate of drug-likeness (QED) is 0.511. The minimum atomic E-state index is -0.884. The van der Waals surface area contributed by atoms with Gasteiger partial charge in [0.2, 0.25) is 11.8 Å². The summed E-state index contributed by atoms with van der Waals surface area (Å²) in [5, 5.41) is 5.09. The van der Waals surface area contributed by atoms with Gasteiger partial charge in [-0.15, -0.1) is 11.3 Å². The molecule has 0 saturated heterocycles. The number of carbonyl (C=O) groups excluding carboxylic acids is 2. The van der Waals surface area contributed by atoms with E-state index in [9.17, 15) is 14.0 Å². The molecule has 6 heteroatoms. The van der Waals surface area contributed by atoms with E-state index in [4.69, 9.17) is 0 Å². The second-order valence-electron chi connectivity index (χ2n) is 8.25. The van der Waals surface area contributed by atoms with Crippen LogP contribution in [0.4, 0.5) is 10.1 Å². The summed E-state index contributed by atoms with van der Waals surface area (Å²) in [5.74, 6) is -0.778. The number of nitrogens with one attached hydrogen (secondary N) is 1. The molecular weight excluding hydrogens is 423 g/mol. The number of para-hydroxylation sites is 1. The van der Waals surface area contributed by atoms with Gasteiger partial charge < -0.3 is 5.32 Å². The van der Waals surface area contributed by atoms with Crippen LogP contribution >= 0.6 is 11.3 Å². The van der Waals surface area contributed by atoms with Crippen molar-refractivity contribution in [2.75, 3.05) is 4.90 Å². The number of halogens is 1. The highest BCUT2D eigenvalue weighted by Gasteiger charge is 2.35. The Morgan fingerprint density at radius 2 is 1.78 bits per heavy atom. The van der Waals surface area contributed by atoms with Gasteiger partial charge in [-0.3, -0.25) is 14.5 Å². The molecule has 1 N–H and O–H groups in total. The molecule has 0 radical (unpaired) electrons. The molecule has 0 aliphatic heterocycles. The van der Waals surface area contributed by atoms with Crippen molar-refractivity contribution in [2.24, 2.45) is 0 Å². The second kappa shape index (κ2) is 10.1. The summed E-state index contributed by atoms with van der Waals surface area (Å²) in [6.07, 6.45) is 4.25. The van der Waals surface area contributed by atoms with Crippen LogP contribution in [0.25, 0.3) is 0 Å². The van der Waals surface area contributed by atoms with Crippen molar-refractivity contribution in [3.05, 3.63) is 87.9 Å². The lowest BCUT2D eigenvalue weighted by atomic mass is 10.0. The fourth-order valence-electron chi connectivity index (χ4n) is 4.31. The molecule has 2 amide bonds. The van der Waals surface area contributed by atoms with Crippen molar-refractivity contribution in [1.82, 2.24) is 5.32 Å². The molecule has 1 saturated carbocycles. The Kier molecular flexibility index (Phi) is 7.00. The van der Waals surface area contributed by atoms with Crippen LogP contribution in [0, 0.1) is 12.7 Å². The van der Waals surface area contributed by atoms with Gasteiger partial charge in [-0.05, 0) is 60.5 Å². The molecule has 0 bridgehead atoms. The lowest BCUT2D eigenvalue weighted by Gasteiger charge is -2.33. The summed E-state index contributed by atoms with van der Waals surface area (Å²) in [4.78, 5) is 29.8. The lowest BCUT2D eigenvalue weighted by molar-refractivity contribution is -0.127. The molecule has 166 valence electrons. The van der Waals surface area contributed by atoms with E-state index in [0.29, 0.717) is 11.3 Å². The van der Waals surface area contributed by atoms with E-state index >= 15 is 0 Å². The maximum Gasteiger partial charge on any atom is 0.248 e. The van der Waals surface area contributed by atoms with Gasteiger partial charge in [-0.1, -0.05) is 49.2 Å². The Morgan fingerprint density at radius 3 is 2.44 bits per heavy atom. The SMILES string of the molecule is Cc1ccccc1N(C(=O)Cc1cccs1)[C@H](C(=O)NC1CCCC1)c1ccc(F)cc1. The summed E-state index contributed by atoms with van der Waals surface area (Å²) in [6, 6.07) is 16.5. The number of rotatable bonds is 7. The molecule has 4 rings (SSSR count). The molecule has 32 heavy (non-hydrogen) atoms. The number of nitrogens with zero attached hydrogens (tertiary/aromatic N) is 1. The molecule has 1 fully saturated rings. The zero-order chi connectivity index (χ0) is 22.5. The smallest absolute Gasteiger partial charge is 0.248 e. The number of amides is 2. The highest BCUT2D eigenvalue weighted by Crippen LogP contribution is 2.32. The molecule has 3 aromatic rings. The molecule has 0 spiro atoms. The minimum absolute atomic E-state index is 0.108. The number of hydrogen-bond donors (Lipinski definition) is 1. The maximum absolute atomic E-state index is 13.7. The first-order valence-corrected chi connectivity index (χ1v) is 11.9. The first kappa shape index (κ1) is 22.2. The van der Waals surface area contributed by atoms with Crippen LogP contribution in [-0.2, 0) is 16.0 Å². The minimum Gasteiger partial charge on any atom is -0.351 e. The van der Waals surface area contributed by atoms with Crippen LogP contribution in [0.1, 0.15) is 47.7 Å². The third-order valence-corrected chi connectivity index (χ3v) is 6.82. The van der Waals surface area contributed by atoms with E-state index < -0.39 is 6.04 Å². The number of aryl methyl sites for hydroxylation is 1. The first-order valence-electron chi connectivity index (χ1n) is 11.0. The zero-order valence-corrected chi connectivity index (χ0v) is 18.9. The van der Waals surface area contributed by atoms with Gasteiger partial charge >= 0.3 is 0 Å². The maximum atomic E-state index is 13.7. The van der Waals surface area contributed by atoms with Crippen LogP contribution in [0.2, 0.25) is 0 Å². The number of thiophene rings is 1. The van der Waals surface area contributed by atoms with Crippen molar-refractivity contribution in [2.45, 2.75) is 51.1 Å². The zero-order valence-electron chi connectivity index (χ0n) is 18.1. The Morgan fingerprint density at radius 1 is 1.06 bits per heavy atom. The Bertz CT molecular complexity index is 1060. The highest BCUT2D eigenvalue weighted by molar-refractivity contribution is 7.10. The second-order valence-corrected chi connectivity index (χ2v) is 9.28. The standard InChI is InChI=1S/C26H27FN2O2S/c1-18-7-2-5-11-23(18)29(24(30)17-22-10-6-16-32-22)25(19-12-14-20(27)15-13-19)26(31)28-21-8-3-4-9-21/h2,5-7,10-16,21,25H,3-4,8-9,17H2,1H3,(H,28,31)/t25-/m0/s1. The van der Waals surface area contributed by atoms with Crippen LogP contribution in [-0.4, -0.2) is 17.9 Å². The fourth-order valence-corrected chi connectivity index (χ4v) is 5.01. The van der Waals surface area contributed by atoms with Crippen molar-refractivity contribution in [1.29, 1.82) is 0 Å². The molecule has 1 heterocycles. The predicted octanol–water partition coefficient (Wildman–Crippen LogP) is 5.57. The molecular formula is C26H27FN2O2S. The van der Waals surface area contributed by atoms with E-state index in [1.807, 2.05) is 48.7 Å². The lowest BCUT2D eigenvalue weighted by Crippen LogP contribution is -2.47. The molecule has 1 aliphatic rings. The summed E-state index contributed by atoms with van der Waals surface area (Å²) in [7, 11) is 0. The van der Waals surface area contributed by atoms with E-state index in [1.165, 1.54) is 23.5 Å². The van der Waals surface area contributed by atoms with Gasteiger partial charge in [0.15, 0.2) is 0 Å². The largest absolute Gasteiger partial charge is 0.351 e. The molecule has 0 unspecified atom stereocenters. The van der Waals surface area contributed by atoms with Gasteiger partial charge in [0, 0.05) is 16.6 Å². The van der Waals surface area contributed by atoms with E-state index in [-0.39, 0.29) is 30.1 Å². The summed E-state index contributed by atoms with van der Waals surface area (Å²) in [6.45, 7) is 1.93. The Hall–Kier alpha value is -2.99. The van der Waals surface area contributed by atoms with E-state index in [2.05, 4.69) is 5.32 Å². The highest BCUT2D eigenvalue weighted by atomic mass is 32.1. The monoisotopic (exact) mass is 450 g/mol. The third kappa shape index (κ3) is 5.07. The van der Waals surface area contributed by atoms with Crippen LogP contribution in [0.15, 0.2) is 66.0 Å². The normalized spacial score (nSPS) is 14.8. The predicted molar refractivity (Wildman–Crippen MR) is 126 cm³/mol. The number of benzene rings is 2. The van der Waals surface area contributed by atoms with Gasteiger partial charge in [0.1, 0.15) is 11.9 Å². The van der Waals surface area contributed by atoms with Crippen molar-refractivity contribution in [3.63, 3.8) is 0 Å². The molecule has 1 atom stereocenters. The van der Waals surface area contributed by atoms with Gasteiger partial charge in [-0.2, -0.15) is 0 Å². The Labute approximate surface area is 192 Å². The molecule has 2 aromatic carbocycles. The van der Waals surface area contributed by atoms with E-state index in [1.54, 1.807) is 17.0 Å². The summed E-state index contributed by atoms with van der Waals surface area (Å²) in [5.41, 5.74) is 2.17. The van der Waals surface area contributed by atoms with Crippen molar-refractivity contribution < 1.29 is 14.0 Å². The first-order chi connectivity index (χ1) is 15.5. The Balaban J connectivity index is 1.77. The van der Waals surface area contributed by atoms with Crippen molar-refractivity contribution in [3.8, 4) is 0 Å². The van der Waals surface area contributed by atoms with Crippen LogP contribution < -0.4 is 10.2 Å². The number of anilines is 1. The third-order valence-electron chi connectivity index (χ3n) is 5.94. The average Bonchev–Trinajstić information content (AvgIpc) is 3.48. The van der Waals surface area contributed by atoms with Crippen LogP contribution in [0.5, 0.6) is 0 Å². The summed E-state index contributed by atoms with van der Waals surface area (Å²) >= 11 is 1.51. The van der Waals surface area contributed by atoms with E-state index in [0.717, 1.165) is 36.1 Å². The summed E-state index contributed by atoms with van der Waals surface area (Å²) < 4.78 is 13.7. The average molecular weight is 451 g/mol. The van der Waals surface area contributed by atoms with Crippen molar-refractivity contribution >= 4 is 28.8 Å².